The lowest BCUT2D eigenvalue weighted by Crippen LogP contribution is -2.23. The average molecular weight is 438 g/mol. The van der Waals surface area contributed by atoms with Crippen LogP contribution in [0.25, 0.3) is 11.0 Å². The Kier molecular flexibility index (Phi) is 5.27. The molecule has 0 unspecified atom stereocenters. The van der Waals surface area contributed by atoms with Crippen molar-refractivity contribution in [2.75, 3.05) is 0 Å². The molecule has 30 heavy (non-hydrogen) atoms. The second-order valence-corrected chi connectivity index (χ2v) is 7.83. The molecule has 4 rings (SSSR count). The van der Waals surface area contributed by atoms with E-state index in [9.17, 15) is 14.9 Å². The van der Waals surface area contributed by atoms with Crippen LogP contribution in [-0.2, 0) is 12.8 Å². The number of halogens is 1. The van der Waals surface area contributed by atoms with Crippen molar-refractivity contribution in [3.8, 4) is 6.07 Å². The number of hydrogen-bond donors (Lipinski definition) is 0. The monoisotopic (exact) mass is 437 g/mol. The van der Waals surface area contributed by atoms with Crippen LogP contribution in [0.15, 0.2) is 47.3 Å². The predicted molar refractivity (Wildman–Crippen MR) is 113 cm³/mol. The Labute approximate surface area is 178 Å². The summed E-state index contributed by atoms with van der Waals surface area (Å²) in [5.41, 5.74) is 1.57. The topological polar surface area (TPSA) is 114 Å². The molecule has 2 aromatic heterocycles. The Morgan fingerprint density at radius 1 is 1.23 bits per heavy atom. The lowest BCUT2D eigenvalue weighted by molar-refractivity contribution is -0.384. The summed E-state index contributed by atoms with van der Waals surface area (Å²) in [7, 11) is 0. The van der Waals surface area contributed by atoms with Crippen LogP contribution >= 0.6 is 22.9 Å². The Hall–Kier alpha value is -3.61. The number of aryl methyl sites for hydroxylation is 2. The molecule has 0 fully saturated rings. The summed E-state index contributed by atoms with van der Waals surface area (Å²) in [4.78, 5) is 28.0. The molecule has 148 valence electrons. The summed E-state index contributed by atoms with van der Waals surface area (Å²) in [6, 6.07) is 13.4. The van der Waals surface area contributed by atoms with Gasteiger partial charge in [-0.3, -0.25) is 14.9 Å². The molecule has 0 amide bonds. The quantitative estimate of drug-likeness (QED) is 0.350. The number of nitriles is 1. The van der Waals surface area contributed by atoms with Crippen LogP contribution in [0.5, 0.6) is 0 Å². The maximum absolute atomic E-state index is 12.7. The highest BCUT2D eigenvalue weighted by Gasteiger charge is 2.13. The normalized spacial score (nSPS) is 11.7. The van der Waals surface area contributed by atoms with E-state index in [1.165, 1.54) is 28.8 Å². The van der Waals surface area contributed by atoms with Crippen molar-refractivity contribution < 1.29 is 4.92 Å². The smallest absolute Gasteiger partial charge is 0.266 e. The molecule has 0 atom stereocenters. The van der Waals surface area contributed by atoms with Gasteiger partial charge in [0, 0.05) is 29.1 Å². The van der Waals surface area contributed by atoms with Gasteiger partial charge < -0.3 is 0 Å². The second-order valence-electron chi connectivity index (χ2n) is 6.41. The van der Waals surface area contributed by atoms with Crippen molar-refractivity contribution >= 4 is 39.7 Å². The third kappa shape index (κ3) is 3.91. The van der Waals surface area contributed by atoms with E-state index >= 15 is 0 Å². The van der Waals surface area contributed by atoms with Crippen molar-refractivity contribution in [3.05, 3.63) is 95.0 Å². The van der Waals surface area contributed by atoms with Gasteiger partial charge in [0.1, 0.15) is 0 Å². The molecule has 0 N–H and O–H groups in total. The van der Waals surface area contributed by atoms with Gasteiger partial charge in [-0.1, -0.05) is 35.1 Å². The van der Waals surface area contributed by atoms with E-state index in [1.54, 1.807) is 12.1 Å². The highest BCUT2D eigenvalue weighted by molar-refractivity contribution is 7.15. The zero-order chi connectivity index (χ0) is 21.3. The Bertz CT molecular complexity index is 1420. The molecule has 0 saturated carbocycles. The second kappa shape index (κ2) is 8.02. The molecule has 0 aliphatic rings. The summed E-state index contributed by atoms with van der Waals surface area (Å²) < 4.78 is 1.57. The van der Waals surface area contributed by atoms with Crippen LogP contribution in [0.3, 0.4) is 0 Å². The number of nitro groups is 1. The Morgan fingerprint density at radius 3 is 2.67 bits per heavy atom. The van der Waals surface area contributed by atoms with E-state index in [-0.39, 0.29) is 11.2 Å². The molecule has 4 aromatic rings. The fourth-order valence-corrected chi connectivity index (χ4v) is 3.97. The summed E-state index contributed by atoms with van der Waals surface area (Å²) >= 11 is 7.26. The van der Waals surface area contributed by atoms with Gasteiger partial charge in [0.15, 0.2) is 5.82 Å². The molecule has 0 radical (unpaired) electrons. The van der Waals surface area contributed by atoms with Crippen molar-refractivity contribution in [2.24, 2.45) is 0 Å². The van der Waals surface area contributed by atoms with Gasteiger partial charge in [0.05, 0.1) is 21.1 Å². The molecule has 0 aliphatic carbocycles. The van der Waals surface area contributed by atoms with Gasteiger partial charge in [0.2, 0.25) is 4.96 Å². The third-order valence-corrected chi connectivity index (χ3v) is 5.73. The third-order valence-electron chi connectivity index (χ3n) is 4.42. The highest BCUT2D eigenvalue weighted by atomic mass is 35.5. The molecule has 0 aliphatic heterocycles. The zero-order valence-corrected chi connectivity index (χ0v) is 16.9. The zero-order valence-electron chi connectivity index (χ0n) is 15.3. The maximum Gasteiger partial charge on any atom is 0.291 e. The minimum atomic E-state index is -0.519. The summed E-state index contributed by atoms with van der Waals surface area (Å²) in [5, 5.41) is 24.4. The SMILES string of the molecule is N#Cc1ccc(CCc2nc3s/c(=C\c4cc([N+](=O)[O-])ccc4Cl)c(=O)n3n2)cc1. The van der Waals surface area contributed by atoms with Crippen LogP contribution in [-0.4, -0.2) is 19.5 Å². The van der Waals surface area contributed by atoms with E-state index in [4.69, 9.17) is 16.9 Å². The number of benzene rings is 2. The van der Waals surface area contributed by atoms with E-state index in [0.29, 0.717) is 44.3 Å². The Balaban J connectivity index is 1.60. The molecule has 0 bridgehead atoms. The van der Waals surface area contributed by atoms with Crippen LogP contribution in [0.2, 0.25) is 5.02 Å². The molecular weight excluding hydrogens is 426 g/mol. The first-order valence-electron chi connectivity index (χ1n) is 8.78. The van der Waals surface area contributed by atoms with E-state index in [1.807, 2.05) is 12.1 Å². The number of rotatable bonds is 5. The first-order chi connectivity index (χ1) is 14.4. The van der Waals surface area contributed by atoms with Gasteiger partial charge in [-0.2, -0.15) is 9.78 Å². The van der Waals surface area contributed by atoms with E-state index in [0.717, 1.165) is 16.9 Å². The van der Waals surface area contributed by atoms with Crippen LogP contribution < -0.4 is 10.1 Å². The van der Waals surface area contributed by atoms with Gasteiger partial charge in [-0.05, 0) is 36.3 Å². The standard InChI is InChI=1S/C20H12ClN5O3S/c21-16-7-6-15(26(28)29)9-14(16)10-17-19(27)25-20(30-17)23-18(24-25)8-5-12-1-3-13(11-22)4-2-12/h1-4,6-7,9-10H,5,8H2/b17-10-. The van der Waals surface area contributed by atoms with Gasteiger partial charge in [0.25, 0.3) is 11.2 Å². The minimum Gasteiger partial charge on any atom is -0.266 e. The highest BCUT2D eigenvalue weighted by Crippen LogP contribution is 2.22. The molecule has 0 saturated heterocycles. The van der Waals surface area contributed by atoms with Crippen LogP contribution in [0.4, 0.5) is 5.69 Å². The predicted octanol–water partition coefficient (Wildman–Crippen LogP) is 2.92. The number of thiazole rings is 1. The number of non-ortho nitro benzene ring substituents is 1. The number of nitrogens with zero attached hydrogens (tertiary/aromatic N) is 5. The van der Waals surface area contributed by atoms with E-state index < -0.39 is 4.92 Å². The molecule has 2 aromatic carbocycles. The lowest BCUT2D eigenvalue weighted by Gasteiger charge is -1.98. The van der Waals surface area contributed by atoms with Crippen molar-refractivity contribution in [2.45, 2.75) is 12.8 Å². The molecule has 10 heteroatoms. The average Bonchev–Trinajstić information content (AvgIpc) is 3.27. The molecule has 2 heterocycles. The number of fused-ring (bicyclic) bond motifs is 1. The number of nitro benzene ring substituents is 1. The van der Waals surface area contributed by atoms with Crippen molar-refractivity contribution in [1.29, 1.82) is 5.26 Å². The van der Waals surface area contributed by atoms with Crippen LogP contribution in [0, 0.1) is 21.4 Å². The number of hydrogen-bond acceptors (Lipinski definition) is 7. The summed E-state index contributed by atoms with van der Waals surface area (Å²) in [6.45, 7) is 0. The lowest BCUT2D eigenvalue weighted by atomic mass is 10.1. The van der Waals surface area contributed by atoms with Gasteiger partial charge in [-0.25, -0.2) is 4.98 Å². The fourth-order valence-electron chi connectivity index (χ4n) is 2.88. The largest absolute Gasteiger partial charge is 0.291 e. The minimum absolute atomic E-state index is 0.109. The number of aromatic nitrogens is 3. The van der Waals surface area contributed by atoms with Gasteiger partial charge in [-0.15, -0.1) is 5.10 Å². The fraction of sp³-hybridized carbons (Fsp3) is 0.100. The summed E-state index contributed by atoms with van der Waals surface area (Å²) in [6.07, 6.45) is 2.74. The summed E-state index contributed by atoms with van der Waals surface area (Å²) in [5.74, 6) is 0.544. The molecule has 8 nitrogen and oxygen atoms in total. The van der Waals surface area contributed by atoms with Crippen molar-refractivity contribution in [1.82, 2.24) is 14.6 Å². The first-order valence-corrected chi connectivity index (χ1v) is 9.97. The first kappa shape index (κ1) is 19.7. The molecule has 0 spiro atoms. The van der Waals surface area contributed by atoms with Crippen LogP contribution in [0.1, 0.15) is 22.5 Å². The van der Waals surface area contributed by atoms with Crippen molar-refractivity contribution in [3.63, 3.8) is 0 Å². The molecular formula is C20H12ClN5O3S. The Morgan fingerprint density at radius 2 is 2.00 bits per heavy atom. The maximum atomic E-state index is 12.7. The van der Waals surface area contributed by atoms with Gasteiger partial charge >= 0.3 is 0 Å². The van der Waals surface area contributed by atoms with E-state index in [2.05, 4.69) is 16.2 Å².